The predicted molar refractivity (Wildman–Crippen MR) is 125 cm³/mol. The monoisotopic (exact) mass is 551 g/mol. The van der Waals surface area contributed by atoms with E-state index in [1.807, 2.05) is 0 Å². The lowest BCUT2D eigenvalue weighted by Gasteiger charge is -2.22. The summed E-state index contributed by atoms with van der Waals surface area (Å²) in [7, 11) is 1.11. The number of anilines is 1. The Morgan fingerprint density at radius 3 is 2.18 bits per heavy atom. The molecular formula is C24H24F7N3O4. The van der Waals surface area contributed by atoms with Crippen LogP contribution in [0.5, 0.6) is 5.75 Å². The van der Waals surface area contributed by atoms with Gasteiger partial charge in [0, 0.05) is 36.3 Å². The summed E-state index contributed by atoms with van der Waals surface area (Å²) in [5.41, 5.74) is 0.713. The van der Waals surface area contributed by atoms with E-state index in [-0.39, 0.29) is 24.9 Å². The molecule has 0 aliphatic rings. The number of aliphatic hydroxyl groups is 1. The molecule has 0 atom stereocenters. The third kappa shape index (κ3) is 8.45. The molecule has 0 heterocycles. The van der Waals surface area contributed by atoms with Crippen molar-refractivity contribution in [2.45, 2.75) is 32.0 Å². The van der Waals surface area contributed by atoms with Crippen LogP contribution in [0, 0.1) is 5.82 Å². The fraction of sp³-hybridized carbons (Fsp3) is 0.333. The molecule has 0 aliphatic heterocycles. The average molecular weight is 551 g/mol. The summed E-state index contributed by atoms with van der Waals surface area (Å²) < 4.78 is 105. The van der Waals surface area contributed by atoms with Gasteiger partial charge in [-0.25, -0.2) is 9.18 Å². The van der Waals surface area contributed by atoms with Crippen molar-refractivity contribution >= 4 is 23.6 Å². The van der Waals surface area contributed by atoms with Gasteiger partial charge in [0.1, 0.15) is 5.82 Å². The van der Waals surface area contributed by atoms with Crippen molar-refractivity contribution in [1.82, 2.24) is 0 Å². The van der Waals surface area contributed by atoms with E-state index in [0.29, 0.717) is 12.3 Å². The minimum Gasteiger partial charge on any atom is -0.409 e. The maximum Gasteiger partial charge on any atom is 0.420 e. The maximum absolute atomic E-state index is 13.9. The van der Waals surface area contributed by atoms with E-state index >= 15 is 0 Å². The highest BCUT2D eigenvalue weighted by molar-refractivity contribution is 6.11. The quantitative estimate of drug-likeness (QED) is 0.192. The Labute approximate surface area is 213 Å². The molecule has 1 amide bonds. The molecule has 208 valence electrons. The van der Waals surface area contributed by atoms with Crippen molar-refractivity contribution in [1.29, 1.82) is 0 Å². The van der Waals surface area contributed by atoms with E-state index in [0.717, 1.165) is 42.4 Å². The summed E-state index contributed by atoms with van der Waals surface area (Å²) in [5, 5.41) is 9.54. The van der Waals surface area contributed by atoms with E-state index in [1.54, 1.807) is 0 Å². The number of aliphatic imine (C=N–C) groups is 1. The highest BCUT2D eigenvalue weighted by Gasteiger charge is 2.41. The van der Waals surface area contributed by atoms with Crippen LogP contribution in [0.1, 0.15) is 30.5 Å². The first kappa shape index (κ1) is 30.6. The van der Waals surface area contributed by atoms with E-state index in [9.17, 15) is 40.6 Å². The fourth-order valence-corrected chi connectivity index (χ4v) is 2.97. The molecule has 2 rings (SSSR count). The van der Waals surface area contributed by atoms with E-state index in [2.05, 4.69) is 4.99 Å². The summed E-state index contributed by atoms with van der Waals surface area (Å²) in [5.74, 6) is -3.40. The molecule has 0 fully saturated rings. The number of allylic oxidation sites excluding steroid dienone is 1. The van der Waals surface area contributed by atoms with Gasteiger partial charge in [0.2, 0.25) is 0 Å². The number of halogens is 7. The summed E-state index contributed by atoms with van der Waals surface area (Å²) in [4.78, 5) is 17.3. The van der Waals surface area contributed by atoms with Gasteiger partial charge in [0.05, 0.1) is 24.3 Å². The lowest BCUT2D eigenvalue weighted by atomic mass is 9.98. The maximum atomic E-state index is 13.9. The number of carbonyl (C=O) groups excluding carboxylic acids is 1. The third-order valence-corrected chi connectivity index (χ3v) is 4.80. The Bertz CT molecular complexity index is 1190. The second-order valence-corrected chi connectivity index (χ2v) is 8.25. The van der Waals surface area contributed by atoms with Gasteiger partial charge >= 0.3 is 18.4 Å². The first-order valence-electron chi connectivity index (χ1n) is 10.8. The number of benzene rings is 2. The molecule has 14 heteroatoms. The minimum absolute atomic E-state index is 0.0291. The molecule has 2 aromatic rings. The van der Waals surface area contributed by atoms with Crippen LogP contribution in [0.4, 0.5) is 41.2 Å². The summed E-state index contributed by atoms with van der Waals surface area (Å²) >= 11 is 0. The number of alkyl halides is 6. The van der Waals surface area contributed by atoms with Gasteiger partial charge in [-0.3, -0.25) is 9.89 Å². The van der Waals surface area contributed by atoms with Gasteiger partial charge in [-0.15, -0.1) is 0 Å². The van der Waals surface area contributed by atoms with E-state index in [1.165, 1.54) is 13.8 Å². The zero-order valence-electron chi connectivity index (χ0n) is 20.3. The third-order valence-electron chi connectivity index (χ3n) is 4.80. The smallest absolute Gasteiger partial charge is 0.409 e. The van der Waals surface area contributed by atoms with Crippen molar-refractivity contribution in [2.75, 3.05) is 25.1 Å². The number of amides is 1. The first-order valence-corrected chi connectivity index (χ1v) is 10.8. The second-order valence-electron chi connectivity index (χ2n) is 8.25. The van der Waals surface area contributed by atoms with Crippen molar-refractivity contribution in [3.05, 3.63) is 65.1 Å². The largest absolute Gasteiger partial charge is 0.420 e. The lowest BCUT2D eigenvalue weighted by Crippen LogP contribution is -2.30. The van der Waals surface area contributed by atoms with Crippen LogP contribution >= 0.6 is 0 Å². The summed E-state index contributed by atoms with van der Waals surface area (Å²) in [6.07, 6.45) is -10.4. The average Bonchev–Trinajstić information content (AvgIpc) is 2.79. The molecule has 0 radical (unpaired) electrons. The molecule has 0 saturated heterocycles. The zero-order valence-corrected chi connectivity index (χ0v) is 20.3. The number of rotatable bonds is 8. The van der Waals surface area contributed by atoms with Crippen molar-refractivity contribution < 1.29 is 50.1 Å². The van der Waals surface area contributed by atoms with Crippen LogP contribution in [0.25, 0.3) is 5.57 Å². The molecule has 0 aromatic heterocycles. The number of ether oxygens (including phenoxy) is 2. The topological polar surface area (TPSA) is 97.4 Å². The minimum atomic E-state index is -5.38. The molecule has 0 aliphatic carbocycles. The Balaban J connectivity index is 2.58. The number of nitrogens with zero attached hydrogens (tertiary/aromatic N) is 2. The fourth-order valence-electron chi connectivity index (χ4n) is 2.97. The van der Waals surface area contributed by atoms with E-state index in [4.69, 9.17) is 15.2 Å². The van der Waals surface area contributed by atoms with Crippen molar-refractivity contribution in [2.24, 2.45) is 10.7 Å². The molecular weight excluding hydrogens is 527 g/mol. The summed E-state index contributed by atoms with van der Waals surface area (Å²) in [6.45, 7) is 2.40. The molecule has 0 saturated carbocycles. The number of hydrogen-bond donors (Lipinski definition) is 2. The number of carbonyl (C=O) groups is 1. The molecule has 0 bridgehead atoms. The van der Waals surface area contributed by atoms with Gasteiger partial charge in [0.15, 0.2) is 11.5 Å². The second kappa shape index (κ2) is 11.8. The van der Waals surface area contributed by atoms with Gasteiger partial charge in [-0.05, 0) is 50.2 Å². The zero-order chi connectivity index (χ0) is 28.9. The standard InChI is InChI=1S/C24H24F7N3O4/c1-22(2,36)37-9-8-33-13-14(12-32)18-10-15(23(26,27)28)11-19(24(29,30)31)20(18)38-21(35)34(3)17-6-4-16(25)5-7-17/h4-7,10-13,36H,8-9,32H2,1-3H3. The molecule has 3 N–H and O–H groups in total. The first-order chi connectivity index (χ1) is 17.4. The Morgan fingerprint density at radius 1 is 1.08 bits per heavy atom. The lowest BCUT2D eigenvalue weighted by molar-refractivity contribution is -0.173. The Kier molecular flexibility index (Phi) is 9.51. The van der Waals surface area contributed by atoms with Crippen LogP contribution in [0.2, 0.25) is 0 Å². The Morgan fingerprint density at radius 2 is 1.68 bits per heavy atom. The Hall–Kier alpha value is -3.65. The molecule has 0 unspecified atom stereocenters. The number of hydrogen-bond acceptors (Lipinski definition) is 6. The van der Waals surface area contributed by atoms with Crippen molar-refractivity contribution in [3.8, 4) is 5.75 Å². The highest BCUT2D eigenvalue weighted by atomic mass is 19.4. The van der Waals surface area contributed by atoms with Crippen LogP contribution in [-0.4, -0.2) is 43.4 Å². The molecule has 0 spiro atoms. The van der Waals surface area contributed by atoms with Crippen LogP contribution in [-0.2, 0) is 17.1 Å². The molecule has 7 nitrogen and oxygen atoms in total. The van der Waals surface area contributed by atoms with Crippen LogP contribution in [0.3, 0.4) is 0 Å². The van der Waals surface area contributed by atoms with Gasteiger partial charge < -0.3 is 20.3 Å². The predicted octanol–water partition coefficient (Wildman–Crippen LogP) is 5.61. The molecule has 2 aromatic carbocycles. The molecule has 38 heavy (non-hydrogen) atoms. The summed E-state index contributed by atoms with van der Waals surface area (Å²) in [6, 6.07) is 4.40. The normalized spacial score (nSPS) is 13.2. The number of nitrogens with two attached hydrogens (primary N) is 1. The van der Waals surface area contributed by atoms with Gasteiger partial charge in [-0.2, -0.15) is 26.3 Å². The van der Waals surface area contributed by atoms with Crippen LogP contribution < -0.4 is 15.4 Å². The van der Waals surface area contributed by atoms with Crippen LogP contribution in [0.15, 0.2) is 47.6 Å². The highest BCUT2D eigenvalue weighted by Crippen LogP contribution is 2.44. The van der Waals surface area contributed by atoms with Gasteiger partial charge in [0.25, 0.3) is 0 Å². The van der Waals surface area contributed by atoms with Crippen molar-refractivity contribution in [3.63, 3.8) is 0 Å². The SMILES string of the molecule is CN(C(=O)Oc1c(C(C=NCCOC(C)(C)O)=CN)cc(C(F)(F)F)cc1C(F)(F)F)c1ccc(F)cc1. The van der Waals surface area contributed by atoms with Gasteiger partial charge in [-0.1, -0.05) is 0 Å². The van der Waals surface area contributed by atoms with E-state index < -0.39 is 58.1 Å².